The normalized spacial score (nSPS) is 13.4. The number of nitrogens with two attached hydrogens (primary N) is 1. The lowest BCUT2D eigenvalue weighted by molar-refractivity contribution is 0.0230. The number of carbonyl (C=O) groups is 5. The molecule has 0 saturated carbocycles. The summed E-state index contributed by atoms with van der Waals surface area (Å²) in [6.07, 6.45) is 13.3. The Labute approximate surface area is 617 Å². The number of carbonyl (C=O) groups excluding carboxylic acids is 5. The van der Waals surface area contributed by atoms with Gasteiger partial charge < -0.3 is 69.7 Å². The molecule has 0 bridgehead atoms. The SMILES string of the molecule is CC(C)(C)OC(=O)N1CCN(c2cnc(-c3cccc(CO)c3)nc2)CC1.COC(=O)c1cccc(-c2ncc(N)cn2)c1.COC(=O)c1cccc(-c2ncc(N3CCN(C(=O)OC(C)(C)C)CC3)cn2)c1.COC(=O)c1cccc(-c2ncc(N3CCNCC3)cn2)c1.Cl.ClCCNCCCl. The van der Waals surface area contributed by atoms with E-state index in [0.717, 1.165) is 84.1 Å². The molecular weight excluding hydrogens is 1380 g/mol. The highest BCUT2D eigenvalue weighted by Crippen LogP contribution is 2.25. The van der Waals surface area contributed by atoms with Gasteiger partial charge in [0, 0.05) is 126 Å². The van der Waals surface area contributed by atoms with E-state index in [1.54, 1.807) is 89.2 Å². The van der Waals surface area contributed by atoms with Crippen LogP contribution in [0.2, 0.25) is 0 Å². The molecule has 0 unspecified atom stereocenters. The summed E-state index contributed by atoms with van der Waals surface area (Å²) in [5, 5.41) is 15.6. The summed E-state index contributed by atoms with van der Waals surface area (Å²) < 4.78 is 25.0. The second kappa shape index (κ2) is 41.3. The molecule has 0 spiro atoms. The zero-order chi connectivity index (χ0) is 73.6. The van der Waals surface area contributed by atoms with Crippen molar-refractivity contribution >= 4 is 88.5 Å². The van der Waals surface area contributed by atoms with Gasteiger partial charge in [0.2, 0.25) is 0 Å². The fourth-order valence-corrected chi connectivity index (χ4v) is 10.3. The first-order chi connectivity index (χ1) is 49.0. The Morgan fingerprint density at radius 1 is 0.466 bits per heavy atom. The number of anilines is 4. The van der Waals surface area contributed by atoms with Crippen molar-refractivity contribution in [2.75, 3.05) is 145 Å². The van der Waals surface area contributed by atoms with Gasteiger partial charge in [-0.15, -0.1) is 35.6 Å². The van der Waals surface area contributed by atoms with E-state index in [1.807, 2.05) is 96.4 Å². The molecule has 5 N–H and O–H groups in total. The lowest BCUT2D eigenvalue weighted by Gasteiger charge is -2.36. The van der Waals surface area contributed by atoms with Gasteiger partial charge >= 0.3 is 30.1 Å². The molecule has 3 saturated heterocycles. The second-order valence-electron chi connectivity index (χ2n) is 25.0. The van der Waals surface area contributed by atoms with Crippen LogP contribution in [-0.4, -0.2) is 221 Å². The Morgan fingerprint density at radius 3 is 1.07 bits per heavy atom. The van der Waals surface area contributed by atoms with Crippen LogP contribution in [0.25, 0.3) is 45.6 Å². The number of alkyl halides is 2. The van der Waals surface area contributed by atoms with Gasteiger partial charge in [-0.2, -0.15) is 0 Å². The third kappa shape index (κ3) is 26.5. The summed E-state index contributed by atoms with van der Waals surface area (Å²) in [6, 6.07) is 28.6. The molecule has 4 aromatic heterocycles. The highest BCUT2D eigenvalue weighted by Gasteiger charge is 2.28. The fourth-order valence-electron chi connectivity index (χ4n) is 10.0. The molecular formula is C73H91Cl3N16O11. The molecule has 103 heavy (non-hydrogen) atoms. The van der Waals surface area contributed by atoms with Crippen LogP contribution < -0.4 is 31.1 Å². The minimum absolute atomic E-state index is 0. The maximum Gasteiger partial charge on any atom is 0.410 e. The van der Waals surface area contributed by atoms with Gasteiger partial charge in [-0.25, -0.2) is 63.8 Å². The number of nitrogen functional groups attached to an aromatic ring is 1. The van der Waals surface area contributed by atoms with Crippen molar-refractivity contribution in [3.8, 4) is 45.6 Å². The summed E-state index contributed by atoms with van der Waals surface area (Å²) in [6.45, 7) is 21.9. The predicted molar refractivity (Wildman–Crippen MR) is 401 cm³/mol. The molecule has 0 atom stereocenters. The van der Waals surface area contributed by atoms with Gasteiger partial charge in [0.15, 0.2) is 23.3 Å². The highest BCUT2D eigenvalue weighted by molar-refractivity contribution is 6.18. The molecule has 0 radical (unpaired) electrons. The van der Waals surface area contributed by atoms with Crippen LogP contribution in [0.15, 0.2) is 147 Å². The Morgan fingerprint density at radius 2 is 0.767 bits per heavy atom. The van der Waals surface area contributed by atoms with E-state index in [-0.39, 0.29) is 43.1 Å². The van der Waals surface area contributed by atoms with Crippen LogP contribution in [0.4, 0.5) is 32.3 Å². The van der Waals surface area contributed by atoms with Crippen molar-refractivity contribution in [3.05, 3.63) is 169 Å². The number of hydrogen-bond acceptors (Lipinski definition) is 25. The summed E-state index contributed by atoms with van der Waals surface area (Å²) in [7, 11) is 4.06. The van der Waals surface area contributed by atoms with E-state index in [2.05, 4.69) is 69.9 Å². The smallest absolute Gasteiger partial charge is 0.410 e. The quantitative estimate of drug-likeness (QED) is 0.0321. The van der Waals surface area contributed by atoms with Crippen molar-refractivity contribution in [1.29, 1.82) is 0 Å². The third-order valence-electron chi connectivity index (χ3n) is 15.2. The summed E-state index contributed by atoms with van der Waals surface area (Å²) >= 11 is 10.7. The Balaban J connectivity index is 0.000000211. The van der Waals surface area contributed by atoms with Crippen molar-refractivity contribution < 1.29 is 52.8 Å². The van der Waals surface area contributed by atoms with Crippen LogP contribution in [0, 0.1) is 0 Å². The molecule has 27 nitrogen and oxygen atoms in total. The predicted octanol–water partition coefficient (Wildman–Crippen LogP) is 10.0. The Bertz CT molecular complexity index is 3940. The molecule has 30 heteroatoms. The largest absolute Gasteiger partial charge is 0.465 e. The molecule has 2 amide bonds. The van der Waals surface area contributed by atoms with Gasteiger partial charge in [0.25, 0.3) is 0 Å². The number of benzene rings is 4. The van der Waals surface area contributed by atoms with Crippen molar-refractivity contribution in [1.82, 2.24) is 60.3 Å². The zero-order valence-corrected chi connectivity index (χ0v) is 61.8. The van der Waals surface area contributed by atoms with Crippen molar-refractivity contribution in [3.63, 3.8) is 0 Å². The van der Waals surface area contributed by atoms with Crippen LogP contribution in [0.5, 0.6) is 0 Å². The average Bonchev–Trinajstić information content (AvgIpc) is 0.842. The number of nitrogens with one attached hydrogen (secondary N) is 2. The zero-order valence-electron chi connectivity index (χ0n) is 59.5. The molecule has 11 rings (SSSR count). The molecule has 550 valence electrons. The molecule has 0 aliphatic carbocycles. The molecule has 7 heterocycles. The number of ether oxygens (including phenoxy) is 5. The number of aliphatic hydroxyl groups excluding tert-OH is 1. The van der Waals surface area contributed by atoms with Crippen LogP contribution >= 0.6 is 35.6 Å². The fraction of sp³-hybridized carbons (Fsp3) is 0.384. The van der Waals surface area contributed by atoms with Crippen molar-refractivity contribution in [2.24, 2.45) is 0 Å². The second-order valence-corrected chi connectivity index (χ2v) is 25.7. The summed E-state index contributed by atoms with van der Waals surface area (Å²) in [5.41, 5.74) is 13.3. The number of methoxy groups -OCH3 is 3. The number of halogens is 3. The van der Waals surface area contributed by atoms with Gasteiger partial charge in [-0.3, -0.25) is 0 Å². The molecule has 3 aliphatic heterocycles. The number of amides is 2. The minimum atomic E-state index is -0.497. The van der Waals surface area contributed by atoms with Crippen LogP contribution in [-0.2, 0) is 30.3 Å². The van der Waals surface area contributed by atoms with E-state index >= 15 is 0 Å². The average molecular weight is 1470 g/mol. The number of aliphatic hydroxyl groups is 1. The molecule has 3 fully saturated rings. The monoisotopic (exact) mass is 1470 g/mol. The molecule has 8 aromatic rings. The number of hydrogen-bond donors (Lipinski definition) is 4. The van der Waals surface area contributed by atoms with Crippen molar-refractivity contribution in [2.45, 2.75) is 59.4 Å². The van der Waals surface area contributed by atoms with Gasteiger partial charge in [-0.1, -0.05) is 54.6 Å². The van der Waals surface area contributed by atoms with E-state index < -0.39 is 17.2 Å². The highest BCUT2D eigenvalue weighted by atomic mass is 35.5. The minimum Gasteiger partial charge on any atom is -0.465 e. The molecule has 3 aliphatic rings. The third-order valence-corrected chi connectivity index (χ3v) is 15.6. The first kappa shape index (κ1) is 82.1. The van der Waals surface area contributed by atoms with Gasteiger partial charge in [0.1, 0.15) is 11.2 Å². The Kier molecular flexibility index (Phi) is 32.9. The van der Waals surface area contributed by atoms with Gasteiger partial charge in [-0.05, 0) is 89.6 Å². The van der Waals surface area contributed by atoms with Crippen LogP contribution in [0.1, 0.15) is 78.2 Å². The first-order valence-electron chi connectivity index (χ1n) is 33.1. The number of esters is 3. The maximum absolute atomic E-state index is 12.2. The number of nitrogens with zero attached hydrogens (tertiary/aromatic N) is 13. The number of piperazine rings is 3. The topological polar surface area (TPSA) is 321 Å². The summed E-state index contributed by atoms with van der Waals surface area (Å²) in [5.74, 6) is 2.46. The van der Waals surface area contributed by atoms with E-state index in [0.29, 0.717) is 110 Å². The lowest BCUT2D eigenvalue weighted by atomic mass is 10.1. The van der Waals surface area contributed by atoms with E-state index in [1.165, 1.54) is 33.7 Å². The molecule has 4 aromatic carbocycles. The lowest BCUT2D eigenvalue weighted by Crippen LogP contribution is -2.50. The van der Waals surface area contributed by atoms with Crippen LogP contribution in [0.3, 0.4) is 0 Å². The Hall–Kier alpha value is -9.90. The number of rotatable bonds is 15. The van der Waals surface area contributed by atoms with E-state index in [9.17, 15) is 29.1 Å². The van der Waals surface area contributed by atoms with E-state index in [4.69, 9.17) is 47.9 Å². The first-order valence-corrected chi connectivity index (χ1v) is 34.1. The van der Waals surface area contributed by atoms with Gasteiger partial charge in [0.05, 0.1) is 117 Å². The standard InChI is InChI=1S/C21H26N4O4.C20H26N4O3.C16H18N4O2.C12H11N3O2.C4H9Cl2N.ClH/c1-21(2,3)29-20(27)25-10-8-24(9-11-25)17-13-22-18(23-14-17)15-6-5-7-16(12-15)19(26)28-4;1-20(2,3)27-19(26)24-9-7-23(8-10-24)17-12-21-18(22-13-17)16-6-4-5-15(11-16)14-25;1-22-16(21)13-4-2-3-12(9-13)15-18-10-14(11-19-15)20-7-5-17-6-8-20;1-17-12(16)9-4-2-3-8(5-9)11-14-6-10(13)7-15-11;5-1-3-7-4-2-6;/h5-7,12-14H,8-11H2,1-4H3;4-6,11-13,25H,7-10,14H2,1-3H3;2-4,9-11,17H,5-8H2,1H3;2-7H,13H2,1H3;7H,1-4H2;1H. The number of aromatic nitrogens is 8. The maximum atomic E-state index is 12.2. The summed E-state index contributed by atoms with van der Waals surface area (Å²) in [4.78, 5) is 104.